The number of methoxy groups -OCH3 is 1. The van der Waals surface area contributed by atoms with Gasteiger partial charge >= 0.3 is 0 Å². The number of aromatic nitrogens is 1. The second kappa shape index (κ2) is 4.59. The zero-order valence-corrected chi connectivity index (χ0v) is 12.2. The van der Waals surface area contributed by atoms with Gasteiger partial charge in [0.2, 0.25) is 0 Å². The van der Waals surface area contributed by atoms with Crippen molar-refractivity contribution in [1.29, 1.82) is 0 Å². The average molecular weight is 289 g/mol. The summed E-state index contributed by atoms with van der Waals surface area (Å²) in [6.45, 7) is 1.90. The molecule has 0 fully saturated rings. The van der Waals surface area contributed by atoms with E-state index in [4.69, 9.17) is 4.74 Å². The van der Waals surface area contributed by atoms with Crippen LogP contribution in [0.25, 0.3) is 15.8 Å². The molecule has 0 radical (unpaired) electrons. The first-order chi connectivity index (χ1) is 9.53. The van der Waals surface area contributed by atoms with Gasteiger partial charge in [-0.2, -0.15) is 0 Å². The third kappa shape index (κ3) is 1.98. The Morgan fingerprint density at radius 3 is 2.65 bits per heavy atom. The van der Waals surface area contributed by atoms with E-state index in [9.17, 15) is 8.42 Å². The quantitative estimate of drug-likeness (QED) is 0.853. The number of sulfone groups is 1. The number of hydrogen-bond acceptors (Lipinski definition) is 4. The minimum atomic E-state index is -3.17. The molecule has 1 aromatic carbocycles. The van der Waals surface area contributed by atoms with Gasteiger partial charge in [0.15, 0.2) is 9.84 Å². The Bertz CT molecular complexity index is 822. The minimum Gasteiger partial charge on any atom is -0.494 e. The molecule has 104 valence electrons. The van der Waals surface area contributed by atoms with Crippen molar-refractivity contribution in [3.63, 3.8) is 0 Å². The van der Waals surface area contributed by atoms with Crippen LogP contribution < -0.4 is 4.74 Å². The van der Waals surface area contributed by atoms with E-state index in [0.29, 0.717) is 28.2 Å². The van der Waals surface area contributed by atoms with Gasteiger partial charge in [0, 0.05) is 16.6 Å². The molecule has 0 saturated heterocycles. The number of benzene rings is 1. The number of nitrogens with zero attached hydrogens (tertiary/aromatic N) is 1. The largest absolute Gasteiger partial charge is 0.494 e. The fourth-order valence-corrected chi connectivity index (χ4v) is 4.06. The molecule has 4 nitrogen and oxygen atoms in total. The third-order valence-electron chi connectivity index (χ3n) is 3.50. The molecule has 0 N–H and O–H groups in total. The molecule has 1 aliphatic rings. The van der Waals surface area contributed by atoms with E-state index < -0.39 is 9.84 Å². The lowest BCUT2D eigenvalue weighted by atomic mass is 10.1. The first-order valence-electron chi connectivity index (χ1n) is 6.40. The molecule has 20 heavy (non-hydrogen) atoms. The second-order valence-corrected chi connectivity index (χ2v) is 6.92. The summed E-state index contributed by atoms with van der Waals surface area (Å²) in [5.74, 6) is 0.846. The van der Waals surface area contributed by atoms with Crippen molar-refractivity contribution < 1.29 is 13.2 Å². The zero-order chi connectivity index (χ0) is 14.3. The van der Waals surface area contributed by atoms with E-state index in [0.717, 1.165) is 11.1 Å². The Morgan fingerprint density at radius 2 is 2.00 bits per heavy atom. The van der Waals surface area contributed by atoms with Crippen LogP contribution in [-0.2, 0) is 9.84 Å². The highest BCUT2D eigenvalue weighted by atomic mass is 32.2. The SMILES string of the molecule is COc1ccc(C2=CCCS2(=O)=O)c2ccc(C)nc12. The van der Waals surface area contributed by atoms with Crippen molar-refractivity contribution in [2.45, 2.75) is 13.3 Å². The highest BCUT2D eigenvalue weighted by molar-refractivity contribution is 8.00. The molecule has 5 heteroatoms. The fraction of sp³-hybridized carbons (Fsp3) is 0.267. The molecular formula is C15H15NO3S. The summed E-state index contributed by atoms with van der Waals surface area (Å²) >= 11 is 0. The predicted octanol–water partition coefficient (Wildman–Crippen LogP) is 2.71. The van der Waals surface area contributed by atoms with Crippen LogP contribution in [-0.4, -0.2) is 26.3 Å². The smallest absolute Gasteiger partial charge is 0.178 e. The summed E-state index contributed by atoms with van der Waals surface area (Å²) in [4.78, 5) is 4.89. The standard InChI is InChI=1S/C15H15NO3S/c1-10-5-6-12-11(14-4-3-9-20(14,17)18)7-8-13(19-2)15(12)16-10/h4-8H,3,9H2,1-2H3. The Morgan fingerprint density at radius 1 is 1.20 bits per heavy atom. The summed E-state index contributed by atoms with van der Waals surface area (Å²) in [5.41, 5.74) is 2.29. The van der Waals surface area contributed by atoms with Gasteiger partial charge < -0.3 is 4.74 Å². The van der Waals surface area contributed by atoms with E-state index >= 15 is 0 Å². The van der Waals surface area contributed by atoms with Crippen molar-refractivity contribution in [2.24, 2.45) is 0 Å². The number of aryl methyl sites for hydroxylation is 1. The van der Waals surface area contributed by atoms with Gasteiger partial charge in [-0.1, -0.05) is 12.1 Å². The third-order valence-corrected chi connectivity index (χ3v) is 5.33. The average Bonchev–Trinajstić information content (AvgIpc) is 2.76. The summed E-state index contributed by atoms with van der Waals surface area (Å²) in [6.07, 6.45) is 2.36. The van der Waals surface area contributed by atoms with Gasteiger partial charge in [-0.05, 0) is 31.5 Å². The number of allylic oxidation sites excluding steroid dienone is 1. The van der Waals surface area contributed by atoms with Crippen LogP contribution in [0.3, 0.4) is 0 Å². The molecular weight excluding hydrogens is 274 g/mol. The topological polar surface area (TPSA) is 56.3 Å². The highest BCUT2D eigenvalue weighted by Crippen LogP contribution is 2.36. The van der Waals surface area contributed by atoms with E-state index in [2.05, 4.69) is 4.98 Å². The molecule has 0 saturated carbocycles. The van der Waals surface area contributed by atoms with Crippen molar-refractivity contribution in [1.82, 2.24) is 4.98 Å². The zero-order valence-electron chi connectivity index (χ0n) is 11.4. The Balaban J connectivity index is 2.34. The maximum atomic E-state index is 12.1. The van der Waals surface area contributed by atoms with Crippen LogP contribution in [0.15, 0.2) is 30.3 Å². The second-order valence-electron chi connectivity index (χ2n) is 4.84. The summed E-state index contributed by atoms with van der Waals surface area (Å²) in [5, 5.41) is 0.812. The van der Waals surface area contributed by atoms with Crippen LogP contribution in [0.2, 0.25) is 0 Å². The number of fused-ring (bicyclic) bond motifs is 1. The van der Waals surface area contributed by atoms with Gasteiger partial charge in [0.1, 0.15) is 11.3 Å². The van der Waals surface area contributed by atoms with Crippen LogP contribution in [0.1, 0.15) is 17.7 Å². The maximum Gasteiger partial charge on any atom is 0.178 e. The molecule has 0 aliphatic carbocycles. The Kier molecular flexibility index (Phi) is 3.01. The normalized spacial score (nSPS) is 17.2. The number of pyridine rings is 1. The number of ether oxygens (including phenoxy) is 1. The fourth-order valence-electron chi connectivity index (χ4n) is 2.53. The Labute approximate surface area is 118 Å². The van der Waals surface area contributed by atoms with Crippen LogP contribution in [0, 0.1) is 6.92 Å². The minimum absolute atomic E-state index is 0.190. The molecule has 1 aromatic heterocycles. The van der Waals surface area contributed by atoms with Crippen molar-refractivity contribution in [2.75, 3.05) is 12.9 Å². The van der Waals surface area contributed by atoms with Gasteiger partial charge in [-0.25, -0.2) is 13.4 Å². The molecule has 0 unspecified atom stereocenters. The lowest BCUT2D eigenvalue weighted by Crippen LogP contribution is -2.02. The van der Waals surface area contributed by atoms with Crippen LogP contribution in [0.5, 0.6) is 5.75 Å². The molecule has 0 spiro atoms. The van der Waals surface area contributed by atoms with Crippen LogP contribution >= 0.6 is 0 Å². The number of rotatable bonds is 2. The monoisotopic (exact) mass is 289 g/mol. The van der Waals surface area contributed by atoms with Gasteiger partial charge in [0.25, 0.3) is 0 Å². The number of hydrogen-bond donors (Lipinski definition) is 0. The molecule has 0 amide bonds. The summed E-state index contributed by atoms with van der Waals surface area (Å²) in [7, 11) is -1.58. The first kappa shape index (κ1) is 13.1. The maximum absolute atomic E-state index is 12.1. The van der Waals surface area contributed by atoms with Crippen LogP contribution in [0.4, 0.5) is 0 Å². The molecule has 1 aliphatic heterocycles. The predicted molar refractivity (Wildman–Crippen MR) is 79.4 cm³/mol. The summed E-state index contributed by atoms with van der Waals surface area (Å²) in [6, 6.07) is 7.36. The van der Waals surface area contributed by atoms with Gasteiger partial charge in [0.05, 0.1) is 17.8 Å². The lowest BCUT2D eigenvalue weighted by Gasteiger charge is -2.11. The molecule has 3 rings (SSSR count). The van der Waals surface area contributed by atoms with E-state index in [1.165, 1.54) is 0 Å². The lowest BCUT2D eigenvalue weighted by molar-refractivity contribution is 0.419. The van der Waals surface area contributed by atoms with Crippen molar-refractivity contribution in [3.8, 4) is 5.75 Å². The van der Waals surface area contributed by atoms with E-state index in [-0.39, 0.29) is 5.75 Å². The summed E-state index contributed by atoms with van der Waals surface area (Å²) < 4.78 is 29.5. The molecule has 0 atom stereocenters. The Hall–Kier alpha value is -1.88. The molecule has 0 bridgehead atoms. The van der Waals surface area contributed by atoms with E-state index in [1.807, 2.05) is 19.1 Å². The molecule has 2 heterocycles. The van der Waals surface area contributed by atoms with Crippen molar-refractivity contribution in [3.05, 3.63) is 41.6 Å². The van der Waals surface area contributed by atoms with Crippen molar-refractivity contribution >= 4 is 25.6 Å². The van der Waals surface area contributed by atoms with E-state index in [1.54, 1.807) is 25.3 Å². The first-order valence-corrected chi connectivity index (χ1v) is 8.06. The highest BCUT2D eigenvalue weighted by Gasteiger charge is 2.26. The molecule has 2 aromatic rings. The van der Waals surface area contributed by atoms with Gasteiger partial charge in [-0.3, -0.25) is 0 Å². The van der Waals surface area contributed by atoms with Gasteiger partial charge in [-0.15, -0.1) is 0 Å².